The Morgan fingerprint density at radius 3 is 2.14 bits per heavy atom. The minimum atomic E-state index is -0.988. The maximum Gasteiger partial charge on any atom is 0.407 e. The topological polar surface area (TPSA) is 114 Å². The molecule has 2 amide bonds. The standard InChI is InChI=1S/C27H32N2O6/c1-17(2)24(25(32)29-27(15-23(30)31)11-13-34-14-12-27)28-26(33)35-16-22-20-9-5-3-7-18(20)19-8-4-6-10-21(19)22/h3-10,17,22,24H,11-16H2,1-2H3,(H,28,33)(H,29,32)(H,30,31). The molecule has 1 atom stereocenters. The van der Waals surface area contributed by atoms with Crippen molar-refractivity contribution in [2.45, 2.75) is 50.6 Å². The number of carboxylic acid groups (broad SMARTS) is 1. The second-order valence-corrected chi connectivity index (χ2v) is 9.64. The van der Waals surface area contributed by atoms with E-state index < -0.39 is 29.6 Å². The number of aliphatic carboxylic acids is 1. The van der Waals surface area contributed by atoms with Gasteiger partial charge in [-0.25, -0.2) is 4.79 Å². The molecule has 1 heterocycles. The first-order valence-electron chi connectivity index (χ1n) is 12.0. The Labute approximate surface area is 205 Å². The number of hydrogen-bond acceptors (Lipinski definition) is 5. The number of fused-ring (bicyclic) bond motifs is 3. The number of nitrogens with one attached hydrogen (secondary N) is 2. The molecular weight excluding hydrogens is 448 g/mol. The van der Waals surface area contributed by atoms with E-state index >= 15 is 0 Å². The Hall–Kier alpha value is -3.39. The molecule has 1 aliphatic heterocycles. The second-order valence-electron chi connectivity index (χ2n) is 9.64. The maximum absolute atomic E-state index is 13.1. The largest absolute Gasteiger partial charge is 0.481 e. The third-order valence-corrected chi connectivity index (χ3v) is 6.89. The summed E-state index contributed by atoms with van der Waals surface area (Å²) >= 11 is 0. The van der Waals surface area contributed by atoms with Crippen molar-refractivity contribution in [1.29, 1.82) is 0 Å². The summed E-state index contributed by atoms with van der Waals surface area (Å²) in [7, 11) is 0. The Balaban J connectivity index is 1.41. The van der Waals surface area contributed by atoms with Gasteiger partial charge in [0.15, 0.2) is 0 Å². The van der Waals surface area contributed by atoms with Gasteiger partial charge in [0.2, 0.25) is 5.91 Å². The van der Waals surface area contributed by atoms with E-state index in [4.69, 9.17) is 9.47 Å². The van der Waals surface area contributed by atoms with Crippen LogP contribution < -0.4 is 10.6 Å². The van der Waals surface area contributed by atoms with Crippen LogP contribution >= 0.6 is 0 Å². The third-order valence-electron chi connectivity index (χ3n) is 6.89. The Bertz CT molecular complexity index is 1050. The van der Waals surface area contributed by atoms with Gasteiger partial charge >= 0.3 is 12.1 Å². The molecule has 0 bridgehead atoms. The van der Waals surface area contributed by atoms with Gasteiger partial charge in [-0.15, -0.1) is 0 Å². The van der Waals surface area contributed by atoms with Crippen molar-refractivity contribution in [2.24, 2.45) is 5.92 Å². The molecule has 0 spiro atoms. The molecule has 4 rings (SSSR count). The molecule has 186 valence electrons. The summed E-state index contributed by atoms with van der Waals surface area (Å²) < 4.78 is 11.0. The van der Waals surface area contributed by atoms with Gasteiger partial charge in [0.05, 0.1) is 12.0 Å². The van der Waals surface area contributed by atoms with E-state index in [0.29, 0.717) is 26.1 Å². The fourth-order valence-corrected chi connectivity index (χ4v) is 5.04. The van der Waals surface area contributed by atoms with Crippen molar-refractivity contribution in [1.82, 2.24) is 10.6 Å². The summed E-state index contributed by atoms with van der Waals surface area (Å²) in [5.41, 5.74) is 3.59. The average molecular weight is 481 g/mol. The predicted molar refractivity (Wildman–Crippen MR) is 130 cm³/mol. The van der Waals surface area contributed by atoms with E-state index in [1.165, 1.54) is 0 Å². The summed E-state index contributed by atoms with van der Waals surface area (Å²) in [5.74, 6) is -1.72. The lowest BCUT2D eigenvalue weighted by Gasteiger charge is -2.38. The minimum absolute atomic E-state index is 0.0828. The van der Waals surface area contributed by atoms with Crippen molar-refractivity contribution in [3.8, 4) is 11.1 Å². The first-order valence-corrected chi connectivity index (χ1v) is 12.0. The quantitative estimate of drug-likeness (QED) is 0.531. The highest BCUT2D eigenvalue weighted by Gasteiger charge is 2.39. The number of carbonyl (C=O) groups is 3. The van der Waals surface area contributed by atoms with E-state index in [-0.39, 0.29) is 24.9 Å². The van der Waals surface area contributed by atoms with E-state index in [9.17, 15) is 19.5 Å². The molecular formula is C27H32N2O6. The Morgan fingerprint density at radius 1 is 1.03 bits per heavy atom. The molecule has 1 saturated heterocycles. The molecule has 3 N–H and O–H groups in total. The molecule has 8 heteroatoms. The summed E-state index contributed by atoms with van der Waals surface area (Å²) in [5, 5.41) is 15.0. The van der Waals surface area contributed by atoms with Crippen molar-refractivity contribution in [2.75, 3.05) is 19.8 Å². The number of hydrogen-bond donors (Lipinski definition) is 3. The van der Waals surface area contributed by atoms with Gasteiger partial charge in [-0.05, 0) is 41.0 Å². The van der Waals surface area contributed by atoms with Crippen molar-refractivity contribution < 1.29 is 29.0 Å². The first kappa shape index (κ1) is 24.7. The highest BCUT2D eigenvalue weighted by molar-refractivity contribution is 5.87. The smallest absolute Gasteiger partial charge is 0.407 e. The number of amides is 2. The normalized spacial score (nSPS) is 17.2. The number of carbonyl (C=O) groups excluding carboxylic acids is 2. The second kappa shape index (κ2) is 10.5. The lowest BCUT2D eigenvalue weighted by Crippen LogP contribution is -2.59. The Kier molecular flexibility index (Phi) is 7.40. The van der Waals surface area contributed by atoms with Gasteiger partial charge in [0.1, 0.15) is 12.6 Å². The zero-order chi connectivity index (χ0) is 25.0. The van der Waals surface area contributed by atoms with Crippen LogP contribution in [0.15, 0.2) is 48.5 Å². The van der Waals surface area contributed by atoms with Gasteiger partial charge in [0.25, 0.3) is 0 Å². The van der Waals surface area contributed by atoms with Crippen LogP contribution in [0.2, 0.25) is 0 Å². The lowest BCUT2D eigenvalue weighted by molar-refractivity contribution is -0.140. The van der Waals surface area contributed by atoms with E-state index in [1.54, 1.807) is 0 Å². The molecule has 2 aromatic rings. The zero-order valence-corrected chi connectivity index (χ0v) is 20.1. The molecule has 2 aromatic carbocycles. The number of benzene rings is 2. The molecule has 1 fully saturated rings. The van der Waals surface area contributed by atoms with Crippen LogP contribution in [-0.2, 0) is 19.1 Å². The number of alkyl carbamates (subject to hydrolysis) is 1. The molecule has 1 aliphatic carbocycles. The van der Waals surface area contributed by atoms with Crippen molar-refractivity contribution in [3.63, 3.8) is 0 Å². The van der Waals surface area contributed by atoms with Crippen LogP contribution in [0.1, 0.15) is 50.2 Å². The molecule has 2 aliphatic rings. The van der Waals surface area contributed by atoms with Gasteiger partial charge < -0.3 is 25.2 Å². The SMILES string of the molecule is CC(C)C(NC(=O)OCC1c2ccccc2-c2ccccc21)C(=O)NC1(CC(=O)O)CCOCC1. The molecule has 0 saturated carbocycles. The van der Waals surface area contributed by atoms with Gasteiger partial charge in [-0.2, -0.15) is 0 Å². The van der Waals surface area contributed by atoms with E-state index in [2.05, 4.69) is 22.8 Å². The molecule has 8 nitrogen and oxygen atoms in total. The lowest BCUT2D eigenvalue weighted by atomic mass is 9.85. The van der Waals surface area contributed by atoms with Crippen LogP contribution in [0.4, 0.5) is 4.79 Å². The number of carboxylic acids is 1. The summed E-state index contributed by atoms with van der Waals surface area (Å²) in [6, 6.07) is 15.3. The van der Waals surface area contributed by atoms with Gasteiger partial charge in [0, 0.05) is 19.1 Å². The minimum Gasteiger partial charge on any atom is -0.481 e. The van der Waals surface area contributed by atoms with Crippen molar-refractivity contribution in [3.05, 3.63) is 59.7 Å². The van der Waals surface area contributed by atoms with Crippen LogP contribution in [-0.4, -0.2) is 54.5 Å². The first-order chi connectivity index (χ1) is 16.8. The van der Waals surface area contributed by atoms with Crippen LogP contribution in [0, 0.1) is 5.92 Å². The molecule has 35 heavy (non-hydrogen) atoms. The number of ether oxygens (including phenoxy) is 2. The number of rotatable bonds is 8. The van der Waals surface area contributed by atoms with Crippen molar-refractivity contribution >= 4 is 18.0 Å². The molecule has 1 unspecified atom stereocenters. The maximum atomic E-state index is 13.1. The Morgan fingerprint density at radius 2 is 1.60 bits per heavy atom. The zero-order valence-electron chi connectivity index (χ0n) is 20.1. The summed E-state index contributed by atoms with van der Waals surface area (Å²) in [6.07, 6.45) is -0.0700. The average Bonchev–Trinajstić information content (AvgIpc) is 3.14. The monoisotopic (exact) mass is 480 g/mol. The molecule has 0 radical (unpaired) electrons. The summed E-state index contributed by atoms with van der Waals surface area (Å²) in [4.78, 5) is 37.4. The van der Waals surface area contributed by atoms with E-state index in [0.717, 1.165) is 22.3 Å². The van der Waals surface area contributed by atoms with E-state index in [1.807, 2.05) is 50.2 Å². The van der Waals surface area contributed by atoms with Gasteiger partial charge in [-0.1, -0.05) is 62.4 Å². The highest BCUT2D eigenvalue weighted by Crippen LogP contribution is 2.44. The van der Waals surface area contributed by atoms with Crippen LogP contribution in [0.25, 0.3) is 11.1 Å². The van der Waals surface area contributed by atoms with Crippen LogP contribution in [0.5, 0.6) is 0 Å². The fraction of sp³-hybridized carbons (Fsp3) is 0.444. The van der Waals surface area contributed by atoms with Gasteiger partial charge in [-0.3, -0.25) is 9.59 Å². The predicted octanol–water partition coefficient (Wildman–Crippen LogP) is 3.69. The summed E-state index contributed by atoms with van der Waals surface area (Å²) in [6.45, 7) is 4.54. The third kappa shape index (κ3) is 5.48. The fourth-order valence-electron chi connectivity index (χ4n) is 5.04. The van der Waals surface area contributed by atoms with Crippen LogP contribution in [0.3, 0.4) is 0 Å². The highest BCUT2D eigenvalue weighted by atomic mass is 16.5. The molecule has 0 aromatic heterocycles.